The van der Waals surface area contributed by atoms with E-state index in [1.165, 1.54) is 6.07 Å². The Bertz CT molecular complexity index is 651. The lowest BCUT2D eigenvalue weighted by atomic mass is 9.77. The molecule has 0 N–H and O–H groups in total. The topological polar surface area (TPSA) is 32.8 Å². The number of halogens is 2. The fourth-order valence-corrected chi connectivity index (χ4v) is 4.12. The summed E-state index contributed by atoms with van der Waals surface area (Å²) in [7, 11) is 0. The SMILES string of the molecule is CC(C)(C)OC(=O)N1CCC2(CCN(c3ccc(Br)cc3F)CC2)C1. The molecule has 2 fully saturated rings. The Hall–Kier alpha value is -1.30. The number of carbonyl (C=O) groups excluding carboxylic acids is 1. The van der Waals surface area contributed by atoms with Gasteiger partial charge >= 0.3 is 6.09 Å². The van der Waals surface area contributed by atoms with Gasteiger partial charge in [-0.15, -0.1) is 0 Å². The molecule has 1 amide bonds. The standard InChI is InChI=1S/C19H26BrFN2O2/c1-18(2,3)25-17(24)23-11-8-19(13-23)6-9-22(10-7-19)16-5-4-14(20)12-15(16)21/h4-5,12H,6-11,13H2,1-3H3. The number of hydrogen-bond donors (Lipinski definition) is 0. The third kappa shape index (κ3) is 4.27. The van der Waals surface area contributed by atoms with E-state index in [2.05, 4.69) is 20.8 Å². The van der Waals surface area contributed by atoms with Gasteiger partial charge in [0.25, 0.3) is 0 Å². The smallest absolute Gasteiger partial charge is 0.410 e. The van der Waals surface area contributed by atoms with Gasteiger partial charge in [-0.05, 0) is 63.6 Å². The monoisotopic (exact) mass is 412 g/mol. The molecule has 3 rings (SSSR count). The fraction of sp³-hybridized carbons (Fsp3) is 0.632. The van der Waals surface area contributed by atoms with Gasteiger partial charge in [-0.3, -0.25) is 0 Å². The highest BCUT2D eigenvalue weighted by Crippen LogP contribution is 2.42. The Balaban J connectivity index is 1.60. The second kappa shape index (κ2) is 6.78. The van der Waals surface area contributed by atoms with Gasteiger partial charge in [0, 0.05) is 30.7 Å². The Morgan fingerprint density at radius 1 is 1.20 bits per heavy atom. The first-order valence-corrected chi connectivity index (χ1v) is 9.65. The maximum Gasteiger partial charge on any atom is 0.410 e. The second-order valence-electron chi connectivity index (χ2n) is 8.23. The minimum Gasteiger partial charge on any atom is -0.444 e. The van der Waals surface area contributed by atoms with Gasteiger partial charge in [-0.25, -0.2) is 9.18 Å². The summed E-state index contributed by atoms with van der Waals surface area (Å²) in [6, 6.07) is 5.22. The highest BCUT2D eigenvalue weighted by molar-refractivity contribution is 9.10. The van der Waals surface area contributed by atoms with Crippen LogP contribution < -0.4 is 4.90 Å². The molecule has 0 saturated carbocycles. The quantitative estimate of drug-likeness (QED) is 0.662. The van der Waals surface area contributed by atoms with Crippen LogP contribution in [0, 0.1) is 11.2 Å². The second-order valence-corrected chi connectivity index (χ2v) is 9.15. The number of anilines is 1. The summed E-state index contributed by atoms with van der Waals surface area (Å²) < 4.78 is 20.4. The normalized spacial score (nSPS) is 20.2. The highest BCUT2D eigenvalue weighted by atomic mass is 79.9. The first-order chi connectivity index (χ1) is 11.7. The van der Waals surface area contributed by atoms with Crippen LogP contribution in [0.4, 0.5) is 14.9 Å². The number of benzene rings is 1. The van der Waals surface area contributed by atoms with Crippen molar-refractivity contribution in [3.63, 3.8) is 0 Å². The van der Waals surface area contributed by atoms with Crippen molar-refractivity contribution in [2.24, 2.45) is 5.41 Å². The number of ether oxygens (including phenoxy) is 1. The molecule has 2 saturated heterocycles. The van der Waals surface area contributed by atoms with E-state index >= 15 is 0 Å². The van der Waals surface area contributed by atoms with Gasteiger partial charge < -0.3 is 14.5 Å². The van der Waals surface area contributed by atoms with Crippen LogP contribution in [0.1, 0.15) is 40.0 Å². The van der Waals surface area contributed by atoms with Crippen molar-refractivity contribution in [1.29, 1.82) is 0 Å². The maximum atomic E-state index is 14.2. The molecular formula is C19H26BrFN2O2. The lowest BCUT2D eigenvalue weighted by Gasteiger charge is -2.40. The Morgan fingerprint density at radius 3 is 2.44 bits per heavy atom. The maximum absolute atomic E-state index is 14.2. The van der Waals surface area contributed by atoms with Gasteiger partial charge in [0.1, 0.15) is 11.4 Å². The van der Waals surface area contributed by atoms with E-state index in [0.29, 0.717) is 5.69 Å². The van der Waals surface area contributed by atoms with Crippen molar-refractivity contribution in [3.05, 3.63) is 28.5 Å². The van der Waals surface area contributed by atoms with Crippen LogP contribution in [-0.2, 0) is 4.74 Å². The van der Waals surface area contributed by atoms with Crippen LogP contribution in [0.2, 0.25) is 0 Å². The molecule has 0 bridgehead atoms. The zero-order valence-corrected chi connectivity index (χ0v) is 16.7. The van der Waals surface area contributed by atoms with Crippen molar-refractivity contribution in [2.45, 2.75) is 45.6 Å². The van der Waals surface area contributed by atoms with Crippen molar-refractivity contribution < 1.29 is 13.9 Å². The molecule has 1 aromatic rings. The van der Waals surface area contributed by atoms with Crippen molar-refractivity contribution >= 4 is 27.7 Å². The number of piperidine rings is 1. The van der Waals surface area contributed by atoms with Gasteiger partial charge in [0.15, 0.2) is 0 Å². The molecule has 1 spiro atoms. The summed E-state index contributed by atoms with van der Waals surface area (Å²) in [4.78, 5) is 16.2. The van der Waals surface area contributed by atoms with Gasteiger partial charge in [0.05, 0.1) is 5.69 Å². The lowest BCUT2D eigenvalue weighted by molar-refractivity contribution is 0.0266. The van der Waals surface area contributed by atoms with E-state index < -0.39 is 5.60 Å². The summed E-state index contributed by atoms with van der Waals surface area (Å²) in [5.41, 5.74) is 0.356. The molecule has 2 heterocycles. The summed E-state index contributed by atoms with van der Waals surface area (Å²) in [5.74, 6) is -0.188. The van der Waals surface area contributed by atoms with Crippen molar-refractivity contribution in [2.75, 3.05) is 31.1 Å². The number of nitrogens with zero attached hydrogens (tertiary/aromatic N) is 2. The molecular weight excluding hydrogens is 387 g/mol. The number of hydrogen-bond acceptors (Lipinski definition) is 3. The number of rotatable bonds is 1. The van der Waals surface area contributed by atoms with E-state index in [0.717, 1.165) is 49.9 Å². The zero-order chi connectivity index (χ0) is 18.2. The first kappa shape index (κ1) is 18.5. The molecule has 1 aromatic carbocycles. The van der Waals surface area contributed by atoms with Crippen molar-refractivity contribution in [1.82, 2.24) is 4.90 Å². The van der Waals surface area contributed by atoms with Crippen LogP contribution in [0.25, 0.3) is 0 Å². The van der Waals surface area contributed by atoms with Crippen LogP contribution in [0.3, 0.4) is 0 Å². The molecule has 0 radical (unpaired) electrons. The minimum atomic E-state index is -0.463. The average molecular weight is 413 g/mol. The largest absolute Gasteiger partial charge is 0.444 e. The predicted octanol–water partition coefficient (Wildman–Crippen LogP) is 4.82. The van der Waals surface area contributed by atoms with Gasteiger partial charge in [-0.2, -0.15) is 0 Å². The predicted molar refractivity (Wildman–Crippen MR) is 100 cm³/mol. The molecule has 6 heteroatoms. The molecule has 0 atom stereocenters. The molecule has 4 nitrogen and oxygen atoms in total. The molecule has 0 aliphatic carbocycles. The summed E-state index contributed by atoms with van der Waals surface area (Å²) in [6.45, 7) is 8.81. The van der Waals surface area contributed by atoms with Gasteiger partial charge in [0.2, 0.25) is 0 Å². The Morgan fingerprint density at radius 2 is 1.84 bits per heavy atom. The molecule has 2 aliphatic rings. The Labute approximate surface area is 157 Å². The summed E-state index contributed by atoms with van der Waals surface area (Å²) in [6.07, 6.45) is 2.73. The van der Waals surface area contributed by atoms with E-state index in [9.17, 15) is 9.18 Å². The molecule has 138 valence electrons. The number of amides is 1. The minimum absolute atomic E-state index is 0.152. The Kier molecular flexibility index (Phi) is 5.02. The average Bonchev–Trinajstić information content (AvgIpc) is 2.91. The van der Waals surface area contributed by atoms with Crippen LogP contribution in [0.15, 0.2) is 22.7 Å². The van der Waals surface area contributed by atoms with Crippen molar-refractivity contribution in [3.8, 4) is 0 Å². The van der Waals surface area contributed by atoms with Crippen LogP contribution in [0.5, 0.6) is 0 Å². The lowest BCUT2D eigenvalue weighted by Crippen LogP contribution is -2.43. The zero-order valence-electron chi connectivity index (χ0n) is 15.1. The molecule has 0 unspecified atom stereocenters. The van der Waals surface area contributed by atoms with E-state index in [4.69, 9.17) is 4.74 Å². The third-order valence-corrected chi connectivity index (χ3v) is 5.66. The highest BCUT2D eigenvalue weighted by Gasteiger charge is 2.43. The van der Waals surface area contributed by atoms with Gasteiger partial charge in [-0.1, -0.05) is 15.9 Å². The van der Waals surface area contributed by atoms with Crippen LogP contribution in [-0.4, -0.2) is 42.8 Å². The van der Waals surface area contributed by atoms with E-state index in [-0.39, 0.29) is 17.3 Å². The van der Waals surface area contributed by atoms with E-state index in [1.54, 1.807) is 0 Å². The number of carbonyl (C=O) groups is 1. The van der Waals surface area contributed by atoms with E-state index in [1.807, 2.05) is 37.8 Å². The summed E-state index contributed by atoms with van der Waals surface area (Å²) in [5, 5.41) is 0. The third-order valence-electron chi connectivity index (χ3n) is 5.16. The first-order valence-electron chi connectivity index (χ1n) is 8.85. The molecule has 25 heavy (non-hydrogen) atoms. The molecule has 2 aliphatic heterocycles. The van der Waals surface area contributed by atoms with Crippen LogP contribution >= 0.6 is 15.9 Å². The molecule has 0 aromatic heterocycles. The number of likely N-dealkylation sites (tertiary alicyclic amines) is 1. The summed E-state index contributed by atoms with van der Waals surface area (Å²) >= 11 is 3.30. The fourth-order valence-electron chi connectivity index (χ4n) is 3.79.